The van der Waals surface area contributed by atoms with Crippen LogP contribution in [0.1, 0.15) is 30.1 Å². The third kappa shape index (κ3) is 2.48. The molecular formula is C15H15BrN2O3. The summed E-state index contributed by atoms with van der Waals surface area (Å²) in [6, 6.07) is 5.39. The van der Waals surface area contributed by atoms with Gasteiger partial charge in [0.1, 0.15) is 6.54 Å². The summed E-state index contributed by atoms with van der Waals surface area (Å²) in [5.74, 6) is -1.27. The number of benzene rings is 1. The first kappa shape index (κ1) is 14.3. The van der Waals surface area contributed by atoms with Gasteiger partial charge in [0.25, 0.3) is 11.7 Å². The van der Waals surface area contributed by atoms with Crippen molar-refractivity contribution in [1.29, 1.82) is 0 Å². The number of carbonyl (C=O) groups excluding carboxylic acids is 3. The molecule has 0 aromatic heterocycles. The van der Waals surface area contributed by atoms with E-state index in [9.17, 15) is 14.4 Å². The Labute approximate surface area is 131 Å². The van der Waals surface area contributed by atoms with Crippen LogP contribution in [-0.4, -0.2) is 41.6 Å². The maximum Gasteiger partial charge on any atom is 0.299 e. The van der Waals surface area contributed by atoms with Crippen LogP contribution in [0, 0.1) is 0 Å². The summed E-state index contributed by atoms with van der Waals surface area (Å²) < 4.78 is 0.740. The predicted molar refractivity (Wildman–Crippen MR) is 81.2 cm³/mol. The molecule has 0 N–H and O–H groups in total. The largest absolute Gasteiger partial charge is 0.338 e. The molecule has 2 aliphatic rings. The van der Waals surface area contributed by atoms with E-state index in [2.05, 4.69) is 15.9 Å². The number of carbonyl (C=O) groups is 3. The van der Waals surface area contributed by atoms with E-state index < -0.39 is 11.7 Å². The van der Waals surface area contributed by atoms with Crippen LogP contribution in [0.2, 0.25) is 0 Å². The molecule has 1 aliphatic heterocycles. The summed E-state index contributed by atoms with van der Waals surface area (Å²) in [4.78, 5) is 39.5. The van der Waals surface area contributed by atoms with Crippen LogP contribution in [0.5, 0.6) is 0 Å². The van der Waals surface area contributed by atoms with Crippen molar-refractivity contribution in [3.8, 4) is 0 Å². The highest BCUT2D eigenvalue weighted by molar-refractivity contribution is 9.10. The number of rotatable bonds is 4. The van der Waals surface area contributed by atoms with Crippen LogP contribution in [0.3, 0.4) is 0 Å². The number of nitrogens with zero attached hydrogens (tertiary/aromatic N) is 2. The first-order chi connectivity index (χ1) is 10.0. The highest BCUT2D eigenvalue weighted by atomic mass is 79.9. The van der Waals surface area contributed by atoms with Crippen molar-refractivity contribution in [2.24, 2.45) is 0 Å². The lowest BCUT2D eigenvalue weighted by Gasteiger charge is -2.24. The topological polar surface area (TPSA) is 57.7 Å². The Hall–Kier alpha value is -1.69. The Kier molecular flexibility index (Phi) is 3.57. The fourth-order valence-corrected chi connectivity index (χ4v) is 3.04. The van der Waals surface area contributed by atoms with Crippen molar-refractivity contribution < 1.29 is 14.4 Å². The van der Waals surface area contributed by atoms with Crippen LogP contribution < -0.4 is 4.90 Å². The van der Waals surface area contributed by atoms with E-state index in [1.54, 1.807) is 23.1 Å². The lowest BCUT2D eigenvalue weighted by Crippen LogP contribution is -2.43. The predicted octanol–water partition coefficient (Wildman–Crippen LogP) is 1.99. The lowest BCUT2D eigenvalue weighted by atomic mass is 10.1. The number of hydrogen-bond donors (Lipinski definition) is 0. The molecule has 0 saturated heterocycles. The molecule has 1 aromatic carbocycles. The van der Waals surface area contributed by atoms with Gasteiger partial charge in [-0.1, -0.05) is 15.9 Å². The minimum absolute atomic E-state index is 0.0659. The summed E-state index contributed by atoms with van der Waals surface area (Å²) in [7, 11) is 0. The van der Waals surface area contributed by atoms with Gasteiger partial charge in [-0.15, -0.1) is 0 Å². The molecule has 0 atom stereocenters. The number of amides is 2. The molecule has 0 radical (unpaired) electrons. The highest BCUT2D eigenvalue weighted by Crippen LogP contribution is 2.32. The molecule has 2 amide bonds. The summed E-state index contributed by atoms with van der Waals surface area (Å²) in [6.07, 6.45) is 2.05. The van der Waals surface area contributed by atoms with Crippen molar-refractivity contribution in [3.05, 3.63) is 28.2 Å². The van der Waals surface area contributed by atoms with E-state index in [4.69, 9.17) is 0 Å². The molecule has 1 heterocycles. The van der Waals surface area contributed by atoms with Crippen molar-refractivity contribution in [2.75, 3.05) is 18.0 Å². The molecule has 1 aromatic rings. The number of anilines is 1. The van der Waals surface area contributed by atoms with Gasteiger partial charge >= 0.3 is 0 Å². The normalized spacial score (nSPS) is 17.1. The Morgan fingerprint density at radius 3 is 2.71 bits per heavy atom. The number of hydrogen-bond acceptors (Lipinski definition) is 3. The zero-order valence-corrected chi connectivity index (χ0v) is 13.2. The second kappa shape index (κ2) is 5.26. The number of fused-ring (bicyclic) bond motifs is 1. The minimum atomic E-state index is -0.622. The molecule has 21 heavy (non-hydrogen) atoms. The molecule has 0 bridgehead atoms. The first-order valence-electron chi connectivity index (χ1n) is 6.98. The Balaban J connectivity index is 1.84. The number of ketones is 1. The summed E-state index contributed by atoms with van der Waals surface area (Å²) >= 11 is 3.29. The van der Waals surface area contributed by atoms with Crippen LogP contribution >= 0.6 is 15.9 Å². The van der Waals surface area contributed by atoms with E-state index in [1.807, 2.05) is 6.92 Å². The van der Waals surface area contributed by atoms with Crippen molar-refractivity contribution in [1.82, 2.24) is 4.90 Å². The van der Waals surface area contributed by atoms with E-state index >= 15 is 0 Å². The Morgan fingerprint density at radius 1 is 1.38 bits per heavy atom. The summed E-state index contributed by atoms with van der Waals surface area (Å²) in [6.45, 7) is 2.49. The van der Waals surface area contributed by atoms with Gasteiger partial charge in [-0.2, -0.15) is 0 Å². The second-order valence-electron chi connectivity index (χ2n) is 5.29. The quantitative estimate of drug-likeness (QED) is 0.780. The smallest absolute Gasteiger partial charge is 0.299 e. The average Bonchev–Trinajstić information content (AvgIpc) is 3.25. The summed E-state index contributed by atoms with van der Waals surface area (Å²) in [5.41, 5.74) is 0.880. The number of Topliss-reactive ketones (excluding diaryl/α,β-unsaturated/α-hetero) is 1. The molecule has 1 fully saturated rings. The standard InChI is InChI=1S/C15H15BrN2O3/c1-2-17(10-4-5-10)13(19)8-18-12-6-3-9(16)7-11(12)14(20)15(18)21/h3,6-7,10H,2,4-5,8H2,1H3. The fourth-order valence-electron chi connectivity index (χ4n) is 2.68. The average molecular weight is 351 g/mol. The maximum atomic E-state index is 12.4. The van der Waals surface area contributed by atoms with E-state index in [0.29, 0.717) is 23.8 Å². The molecule has 3 rings (SSSR count). The van der Waals surface area contributed by atoms with Gasteiger partial charge in [-0.3, -0.25) is 19.3 Å². The molecule has 1 saturated carbocycles. The van der Waals surface area contributed by atoms with E-state index in [1.165, 1.54) is 4.90 Å². The molecule has 1 aliphatic carbocycles. The molecule has 6 heteroatoms. The number of likely N-dealkylation sites (N-methyl/N-ethyl adjacent to an activating group) is 1. The second-order valence-corrected chi connectivity index (χ2v) is 6.21. The van der Waals surface area contributed by atoms with Crippen LogP contribution in [-0.2, 0) is 9.59 Å². The monoisotopic (exact) mass is 350 g/mol. The molecule has 5 nitrogen and oxygen atoms in total. The third-order valence-electron chi connectivity index (χ3n) is 3.88. The van der Waals surface area contributed by atoms with Crippen LogP contribution in [0.4, 0.5) is 5.69 Å². The fraction of sp³-hybridized carbons (Fsp3) is 0.400. The molecule has 110 valence electrons. The lowest BCUT2D eigenvalue weighted by molar-refractivity contribution is -0.131. The van der Waals surface area contributed by atoms with Gasteiger partial charge in [-0.05, 0) is 38.0 Å². The Bertz CT molecular complexity index is 640. The van der Waals surface area contributed by atoms with Gasteiger partial charge in [0.15, 0.2) is 0 Å². The van der Waals surface area contributed by atoms with Gasteiger partial charge in [0.2, 0.25) is 5.91 Å². The van der Waals surface area contributed by atoms with Gasteiger partial charge < -0.3 is 4.90 Å². The maximum absolute atomic E-state index is 12.4. The SMILES string of the molecule is CCN(C(=O)CN1C(=O)C(=O)c2cc(Br)ccc21)C1CC1. The third-order valence-corrected chi connectivity index (χ3v) is 4.37. The molecule has 0 spiro atoms. The van der Waals surface area contributed by atoms with Gasteiger partial charge in [0.05, 0.1) is 11.3 Å². The van der Waals surface area contributed by atoms with Gasteiger partial charge in [0, 0.05) is 17.1 Å². The highest BCUT2D eigenvalue weighted by Gasteiger charge is 2.39. The summed E-state index contributed by atoms with van der Waals surface area (Å²) in [5, 5.41) is 0. The zero-order valence-electron chi connectivity index (χ0n) is 11.6. The number of halogens is 1. The Morgan fingerprint density at radius 2 is 2.10 bits per heavy atom. The zero-order chi connectivity index (χ0) is 15.1. The molecular weight excluding hydrogens is 336 g/mol. The first-order valence-corrected chi connectivity index (χ1v) is 7.77. The van der Waals surface area contributed by atoms with Crippen LogP contribution in [0.15, 0.2) is 22.7 Å². The van der Waals surface area contributed by atoms with E-state index in [-0.39, 0.29) is 12.5 Å². The van der Waals surface area contributed by atoms with Gasteiger partial charge in [-0.25, -0.2) is 0 Å². The van der Waals surface area contributed by atoms with Crippen molar-refractivity contribution >= 4 is 39.2 Å². The van der Waals surface area contributed by atoms with Crippen molar-refractivity contribution in [3.63, 3.8) is 0 Å². The van der Waals surface area contributed by atoms with Crippen LogP contribution in [0.25, 0.3) is 0 Å². The van der Waals surface area contributed by atoms with E-state index in [0.717, 1.165) is 17.3 Å². The minimum Gasteiger partial charge on any atom is -0.338 e. The molecule has 0 unspecified atom stereocenters. The van der Waals surface area contributed by atoms with Crippen molar-refractivity contribution in [2.45, 2.75) is 25.8 Å².